The van der Waals surface area contributed by atoms with E-state index in [9.17, 15) is 4.89 Å². The van der Waals surface area contributed by atoms with Gasteiger partial charge in [-0.3, -0.25) is 0 Å². The highest BCUT2D eigenvalue weighted by Crippen LogP contribution is 2.62. The minimum atomic E-state index is -2.60. The Hall–Kier alpha value is -0.670. The molecule has 14 heavy (non-hydrogen) atoms. The fraction of sp³-hybridized carbons (Fsp3) is 0.333. The maximum absolute atomic E-state index is 9.85. The summed E-state index contributed by atoms with van der Waals surface area (Å²) in [5.41, 5.74) is 7.25. The van der Waals surface area contributed by atoms with Gasteiger partial charge in [-0.15, -0.1) is 0 Å². The number of nitrogen functional groups attached to an aromatic ring is 1. The zero-order valence-corrected chi connectivity index (χ0v) is 8.61. The number of nitrogens with two attached hydrogens (primary N) is 1. The summed E-state index contributed by atoms with van der Waals surface area (Å²) in [6.45, 7) is 0.971. The fourth-order valence-corrected chi connectivity index (χ4v) is 2.99. The second kappa shape index (κ2) is 3.83. The van der Waals surface area contributed by atoms with Gasteiger partial charge in [0.15, 0.2) is 0 Å². The lowest BCUT2D eigenvalue weighted by Gasteiger charge is -2.21. The number of anilines is 1. The van der Waals surface area contributed by atoms with Gasteiger partial charge in [0.25, 0.3) is 0 Å². The smallest absolute Gasteiger partial charge is 0.235 e. The van der Waals surface area contributed by atoms with Gasteiger partial charge >= 0.3 is 0 Å². The van der Waals surface area contributed by atoms with E-state index in [4.69, 9.17) is 14.8 Å². The molecule has 4 nitrogen and oxygen atoms in total. The monoisotopic (exact) mass is 214 g/mol. The van der Waals surface area contributed by atoms with E-state index in [1.165, 1.54) is 0 Å². The second-order valence-corrected chi connectivity index (χ2v) is 5.31. The van der Waals surface area contributed by atoms with Crippen LogP contribution in [0.1, 0.15) is 5.56 Å². The molecule has 0 spiro atoms. The van der Waals surface area contributed by atoms with E-state index in [-0.39, 0.29) is 0 Å². The van der Waals surface area contributed by atoms with E-state index in [2.05, 4.69) is 0 Å². The molecule has 1 heterocycles. The largest absolute Gasteiger partial charge is 0.399 e. The van der Waals surface area contributed by atoms with Crippen LogP contribution in [0.5, 0.6) is 0 Å². The first kappa shape index (κ1) is 9.87. The Morgan fingerprint density at radius 2 is 1.79 bits per heavy atom. The molecule has 1 fully saturated rings. The van der Waals surface area contributed by atoms with Crippen molar-refractivity contribution < 1.29 is 13.9 Å². The van der Waals surface area contributed by atoms with Crippen LogP contribution in [0.4, 0.5) is 5.69 Å². The number of rotatable bonds is 2. The molecule has 2 rings (SSSR count). The summed E-state index contributed by atoms with van der Waals surface area (Å²) >= 11 is 0. The maximum atomic E-state index is 9.85. The van der Waals surface area contributed by atoms with E-state index in [1.807, 2.05) is 12.1 Å². The summed E-state index contributed by atoms with van der Waals surface area (Å²) < 4.78 is 10.4. The number of hydrogen-bond acceptors (Lipinski definition) is 4. The van der Waals surface area contributed by atoms with E-state index in [0.717, 1.165) is 5.56 Å². The van der Waals surface area contributed by atoms with Gasteiger partial charge in [0, 0.05) is 5.69 Å². The highest BCUT2D eigenvalue weighted by molar-refractivity contribution is 7.60. The molecule has 0 aromatic heterocycles. The van der Waals surface area contributed by atoms with E-state index < -0.39 is 7.94 Å². The highest BCUT2D eigenvalue weighted by atomic mass is 31.2. The van der Waals surface area contributed by atoms with Crippen LogP contribution in [-0.2, 0) is 15.2 Å². The molecule has 0 aliphatic carbocycles. The van der Waals surface area contributed by atoms with Crippen LogP contribution in [0.3, 0.4) is 0 Å². The van der Waals surface area contributed by atoms with Gasteiger partial charge < -0.3 is 19.7 Å². The molecule has 0 unspecified atom stereocenters. The SMILES string of the molecule is Nc1ccc(C[P]2(O)OCCO2)cc1. The Balaban J connectivity index is 2.06. The van der Waals surface area contributed by atoms with E-state index in [0.29, 0.717) is 25.1 Å². The molecule has 0 amide bonds. The first-order valence-electron chi connectivity index (χ1n) is 4.42. The third-order valence-electron chi connectivity index (χ3n) is 2.03. The molecular weight excluding hydrogens is 201 g/mol. The minimum absolute atomic E-state index is 0.438. The molecule has 1 aromatic rings. The van der Waals surface area contributed by atoms with Crippen molar-refractivity contribution in [1.29, 1.82) is 0 Å². The highest BCUT2D eigenvalue weighted by Gasteiger charge is 2.32. The normalized spacial score (nSPS) is 19.8. The Kier molecular flexibility index (Phi) is 2.70. The van der Waals surface area contributed by atoms with Crippen LogP contribution < -0.4 is 5.73 Å². The standard InChI is InChI=1S/C9H13NO3P/c10-9-3-1-8(2-4-9)7-14(11)12-5-6-13-14/h1-4,11H,5-7,10H2. The van der Waals surface area contributed by atoms with Crippen LogP contribution in [0.15, 0.2) is 24.3 Å². The summed E-state index contributed by atoms with van der Waals surface area (Å²) in [5, 5.41) is 0. The lowest BCUT2D eigenvalue weighted by molar-refractivity contribution is 0.310. The zero-order valence-electron chi connectivity index (χ0n) is 7.72. The van der Waals surface area contributed by atoms with E-state index >= 15 is 0 Å². The van der Waals surface area contributed by atoms with Crippen molar-refractivity contribution in [2.24, 2.45) is 0 Å². The summed E-state index contributed by atoms with van der Waals surface area (Å²) in [7, 11) is -2.60. The molecule has 1 saturated heterocycles. The topological polar surface area (TPSA) is 64.7 Å². The molecule has 1 aromatic carbocycles. The molecule has 1 aliphatic rings. The van der Waals surface area contributed by atoms with Gasteiger partial charge in [0.1, 0.15) is 0 Å². The lowest BCUT2D eigenvalue weighted by atomic mass is 10.2. The quantitative estimate of drug-likeness (QED) is 0.579. The van der Waals surface area contributed by atoms with E-state index in [1.54, 1.807) is 12.1 Å². The first-order valence-corrected chi connectivity index (χ1v) is 6.19. The average molecular weight is 214 g/mol. The molecule has 1 aliphatic heterocycles. The molecule has 3 N–H and O–H groups in total. The third-order valence-corrected chi connectivity index (χ3v) is 3.97. The van der Waals surface area contributed by atoms with Crippen LogP contribution >= 0.6 is 7.94 Å². The zero-order chi connectivity index (χ0) is 10.0. The molecule has 0 bridgehead atoms. The Bertz CT molecular complexity index is 308. The van der Waals surface area contributed by atoms with Gasteiger partial charge in [-0.2, -0.15) is 0 Å². The van der Waals surface area contributed by atoms with Crippen molar-refractivity contribution in [3.63, 3.8) is 0 Å². The molecule has 77 valence electrons. The molecule has 0 atom stereocenters. The fourth-order valence-electron chi connectivity index (χ4n) is 1.34. The summed E-state index contributed by atoms with van der Waals surface area (Å²) in [6.07, 6.45) is 0.438. The third kappa shape index (κ3) is 2.22. The molecule has 5 heteroatoms. The molecule has 0 saturated carbocycles. The van der Waals surface area contributed by atoms with Crippen molar-refractivity contribution >= 4 is 13.6 Å². The van der Waals surface area contributed by atoms with Gasteiger partial charge in [0.05, 0.1) is 19.4 Å². The average Bonchev–Trinajstić information content (AvgIpc) is 2.57. The minimum Gasteiger partial charge on any atom is -0.399 e. The van der Waals surface area contributed by atoms with Crippen LogP contribution in [-0.4, -0.2) is 18.1 Å². The van der Waals surface area contributed by atoms with Gasteiger partial charge in [-0.1, -0.05) is 12.1 Å². The summed E-state index contributed by atoms with van der Waals surface area (Å²) in [5.74, 6) is 0. The predicted octanol–water partition coefficient (Wildman–Crippen LogP) is 1.57. The van der Waals surface area contributed by atoms with Gasteiger partial charge in [0.2, 0.25) is 7.94 Å². The Labute approximate surface area is 83.2 Å². The lowest BCUT2D eigenvalue weighted by Crippen LogP contribution is -1.96. The summed E-state index contributed by atoms with van der Waals surface area (Å²) in [4.78, 5) is 9.85. The van der Waals surface area contributed by atoms with Crippen LogP contribution in [0.2, 0.25) is 0 Å². The first-order chi connectivity index (χ1) is 6.68. The maximum Gasteiger partial charge on any atom is 0.235 e. The predicted molar refractivity (Wildman–Crippen MR) is 55.6 cm³/mol. The second-order valence-electron chi connectivity index (χ2n) is 3.20. The van der Waals surface area contributed by atoms with Crippen molar-refractivity contribution in [3.8, 4) is 0 Å². The number of hydrogen-bond donors (Lipinski definition) is 2. The van der Waals surface area contributed by atoms with Gasteiger partial charge in [-0.25, -0.2) is 0 Å². The molecule has 1 radical (unpaired) electrons. The van der Waals surface area contributed by atoms with Gasteiger partial charge in [-0.05, 0) is 17.7 Å². The summed E-state index contributed by atoms with van der Waals surface area (Å²) in [6, 6.07) is 7.35. The Morgan fingerprint density at radius 3 is 2.36 bits per heavy atom. The Morgan fingerprint density at radius 1 is 1.21 bits per heavy atom. The van der Waals surface area contributed by atoms with Crippen molar-refractivity contribution in [1.82, 2.24) is 0 Å². The van der Waals surface area contributed by atoms with Crippen molar-refractivity contribution in [2.75, 3.05) is 18.9 Å². The van der Waals surface area contributed by atoms with Crippen LogP contribution in [0.25, 0.3) is 0 Å². The molecular formula is C9H13NO3P. The van der Waals surface area contributed by atoms with Crippen LogP contribution in [0, 0.1) is 0 Å². The number of benzene rings is 1. The van der Waals surface area contributed by atoms with Crippen molar-refractivity contribution in [2.45, 2.75) is 6.16 Å². The van der Waals surface area contributed by atoms with Crippen molar-refractivity contribution in [3.05, 3.63) is 29.8 Å².